The van der Waals surface area contributed by atoms with E-state index in [4.69, 9.17) is 19.5 Å². The van der Waals surface area contributed by atoms with E-state index >= 15 is 0 Å². The zero-order valence-corrected chi connectivity index (χ0v) is 10.4. The van der Waals surface area contributed by atoms with E-state index in [2.05, 4.69) is 9.97 Å². The normalized spacial score (nSPS) is 14.2. The van der Waals surface area contributed by atoms with Gasteiger partial charge in [-0.2, -0.15) is 0 Å². The molecule has 0 aromatic carbocycles. The first kappa shape index (κ1) is 14.7. The van der Waals surface area contributed by atoms with Crippen LogP contribution in [0.3, 0.4) is 0 Å². The summed E-state index contributed by atoms with van der Waals surface area (Å²) in [5.41, 5.74) is 0.842. The summed E-state index contributed by atoms with van der Waals surface area (Å²) < 4.78 is 14.8. The third-order valence-electron chi connectivity index (χ3n) is 2.51. The molecule has 8 heteroatoms. The fraction of sp³-hybridized carbons (Fsp3) is 0.600. The highest BCUT2D eigenvalue weighted by molar-refractivity contribution is 6.32. The molecule has 1 rings (SSSR count). The number of hydrogen-bond acceptors (Lipinski definition) is 6. The zero-order chi connectivity index (χ0) is 13.4. The van der Waals surface area contributed by atoms with Gasteiger partial charge < -0.3 is 24.2 Å². The van der Waals surface area contributed by atoms with E-state index in [1.54, 1.807) is 12.5 Å². The van der Waals surface area contributed by atoms with Crippen LogP contribution in [0.15, 0.2) is 12.5 Å². The molecule has 0 saturated carbocycles. The summed E-state index contributed by atoms with van der Waals surface area (Å²) in [4.78, 5) is 6.84. The van der Waals surface area contributed by atoms with E-state index in [9.17, 15) is 5.11 Å². The average molecular weight is 254 g/mol. The monoisotopic (exact) mass is 254 g/mol. The van der Waals surface area contributed by atoms with E-state index in [1.807, 2.05) is 0 Å². The van der Waals surface area contributed by atoms with E-state index in [0.29, 0.717) is 6.42 Å². The SMILES string of the molecule is COC(OC)C(O)C([B]OC=N)Cc1cnc[nH]1. The summed E-state index contributed by atoms with van der Waals surface area (Å²) in [5.74, 6) is -0.392. The number of aliphatic hydroxyl groups excluding tert-OH is 1. The molecular formula is C10H17BN3O4. The molecule has 0 aliphatic heterocycles. The number of hydrogen-bond donors (Lipinski definition) is 3. The number of imidazole rings is 1. The Hall–Kier alpha value is -1.38. The molecule has 0 fully saturated rings. The Balaban J connectivity index is 2.66. The number of aromatic nitrogens is 2. The lowest BCUT2D eigenvalue weighted by molar-refractivity contribution is -0.165. The van der Waals surface area contributed by atoms with Crippen molar-refractivity contribution in [3.05, 3.63) is 18.2 Å². The molecular weight excluding hydrogens is 237 g/mol. The molecule has 99 valence electrons. The molecule has 0 spiro atoms. The Labute approximate surface area is 106 Å². The third kappa shape index (κ3) is 4.13. The number of ether oxygens (including phenoxy) is 2. The van der Waals surface area contributed by atoms with Gasteiger partial charge in [0.2, 0.25) is 0 Å². The molecule has 7 nitrogen and oxygen atoms in total. The van der Waals surface area contributed by atoms with Gasteiger partial charge in [-0.3, -0.25) is 5.41 Å². The summed E-state index contributed by atoms with van der Waals surface area (Å²) >= 11 is 0. The van der Waals surface area contributed by atoms with Crippen LogP contribution in [0.25, 0.3) is 0 Å². The van der Waals surface area contributed by atoms with Crippen LogP contribution in [0.5, 0.6) is 0 Å². The van der Waals surface area contributed by atoms with Gasteiger partial charge in [-0.25, -0.2) is 4.98 Å². The largest absolute Gasteiger partial charge is 0.555 e. The minimum absolute atomic E-state index is 0.392. The molecule has 3 N–H and O–H groups in total. The second kappa shape index (κ2) is 7.86. The Morgan fingerprint density at radius 3 is 2.78 bits per heavy atom. The maximum Gasteiger partial charge on any atom is 0.377 e. The third-order valence-corrected chi connectivity index (χ3v) is 2.51. The predicted octanol–water partition coefficient (Wildman–Crippen LogP) is -0.0366. The maximum absolute atomic E-state index is 10.1. The van der Waals surface area contributed by atoms with Crippen molar-refractivity contribution in [2.24, 2.45) is 0 Å². The average Bonchev–Trinajstić information content (AvgIpc) is 2.88. The number of nitrogens with one attached hydrogen (secondary N) is 2. The first-order valence-corrected chi connectivity index (χ1v) is 5.41. The number of aliphatic hydroxyl groups is 1. The van der Waals surface area contributed by atoms with Crippen LogP contribution in [-0.2, 0) is 20.5 Å². The van der Waals surface area contributed by atoms with Crippen molar-refractivity contribution in [2.45, 2.75) is 24.6 Å². The van der Waals surface area contributed by atoms with Crippen LogP contribution in [0.4, 0.5) is 0 Å². The van der Waals surface area contributed by atoms with Crippen LogP contribution >= 0.6 is 0 Å². The van der Waals surface area contributed by atoms with Crippen LogP contribution in [-0.4, -0.2) is 55.6 Å². The van der Waals surface area contributed by atoms with Crippen molar-refractivity contribution < 1.29 is 19.2 Å². The van der Waals surface area contributed by atoms with E-state index in [1.165, 1.54) is 21.7 Å². The van der Waals surface area contributed by atoms with E-state index in [-0.39, 0.29) is 0 Å². The summed E-state index contributed by atoms with van der Waals surface area (Å²) in [6, 6.07) is 0. The molecule has 0 aliphatic carbocycles. The van der Waals surface area contributed by atoms with Gasteiger partial charge in [0.25, 0.3) is 0 Å². The van der Waals surface area contributed by atoms with Crippen molar-refractivity contribution >= 4 is 13.9 Å². The molecule has 0 saturated heterocycles. The number of rotatable bonds is 9. The molecule has 1 aromatic rings. The molecule has 2 atom stereocenters. The van der Waals surface area contributed by atoms with Gasteiger partial charge in [0.15, 0.2) is 6.29 Å². The highest BCUT2D eigenvalue weighted by atomic mass is 16.7. The smallest absolute Gasteiger partial charge is 0.377 e. The second-order valence-corrected chi connectivity index (χ2v) is 3.67. The van der Waals surface area contributed by atoms with Gasteiger partial charge in [-0.05, 0) is 6.42 Å². The van der Waals surface area contributed by atoms with Crippen molar-refractivity contribution in [2.75, 3.05) is 14.2 Å². The van der Waals surface area contributed by atoms with Crippen LogP contribution in [0.1, 0.15) is 5.69 Å². The van der Waals surface area contributed by atoms with Gasteiger partial charge in [0.1, 0.15) is 12.5 Å². The highest BCUT2D eigenvalue weighted by Gasteiger charge is 2.30. The molecule has 18 heavy (non-hydrogen) atoms. The minimum atomic E-state index is -0.914. The number of nitrogens with zero attached hydrogens (tertiary/aromatic N) is 1. The summed E-state index contributed by atoms with van der Waals surface area (Å²) in [6.07, 6.45) is 2.80. The summed E-state index contributed by atoms with van der Waals surface area (Å²) in [6.45, 7) is 0. The standard InChI is InChI=1S/C10H17BN3O4/c1-16-10(17-2)9(15)8(11-18-5-12)3-7-4-13-6-14-7/h4-6,8-10,12,15H,3H2,1-2H3,(H,13,14). The number of methoxy groups -OCH3 is 2. The molecule has 1 heterocycles. The number of H-pyrrole nitrogens is 1. The summed E-state index contributed by atoms with van der Waals surface area (Å²) in [7, 11) is 4.27. The lowest BCUT2D eigenvalue weighted by atomic mass is 9.72. The van der Waals surface area contributed by atoms with Crippen LogP contribution in [0, 0.1) is 5.41 Å². The quantitative estimate of drug-likeness (QED) is 0.248. The van der Waals surface area contributed by atoms with Crippen molar-refractivity contribution in [1.82, 2.24) is 9.97 Å². The molecule has 1 aromatic heterocycles. The number of aromatic amines is 1. The first-order valence-electron chi connectivity index (χ1n) is 5.41. The minimum Gasteiger partial charge on any atom is -0.555 e. The van der Waals surface area contributed by atoms with Gasteiger partial charge in [0, 0.05) is 31.9 Å². The van der Waals surface area contributed by atoms with E-state index < -0.39 is 18.2 Å². The Morgan fingerprint density at radius 1 is 1.56 bits per heavy atom. The maximum atomic E-state index is 10.1. The van der Waals surface area contributed by atoms with Gasteiger partial charge in [0.05, 0.1) is 6.33 Å². The van der Waals surface area contributed by atoms with Gasteiger partial charge in [-0.1, -0.05) is 0 Å². The van der Waals surface area contributed by atoms with Crippen molar-refractivity contribution in [1.29, 1.82) is 5.41 Å². The Kier molecular flexibility index (Phi) is 6.41. The second-order valence-electron chi connectivity index (χ2n) is 3.67. The Morgan fingerprint density at radius 2 is 2.28 bits per heavy atom. The van der Waals surface area contributed by atoms with Gasteiger partial charge >= 0.3 is 7.48 Å². The highest BCUT2D eigenvalue weighted by Crippen LogP contribution is 2.20. The lowest BCUT2D eigenvalue weighted by Crippen LogP contribution is -2.37. The zero-order valence-electron chi connectivity index (χ0n) is 10.4. The first-order chi connectivity index (χ1) is 8.72. The molecule has 0 bridgehead atoms. The van der Waals surface area contributed by atoms with Crippen LogP contribution in [0.2, 0.25) is 5.82 Å². The molecule has 1 radical (unpaired) electrons. The van der Waals surface area contributed by atoms with Crippen molar-refractivity contribution in [3.8, 4) is 0 Å². The van der Waals surface area contributed by atoms with Crippen molar-refractivity contribution in [3.63, 3.8) is 0 Å². The molecule has 2 unspecified atom stereocenters. The van der Waals surface area contributed by atoms with E-state index in [0.717, 1.165) is 12.1 Å². The predicted molar refractivity (Wildman–Crippen MR) is 65.5 cm³/mol. The molecule has 0 amide bonds. The fourth-order valence-corrected chi connectivity index (χ4v) is 1.62. The topological polar surface area (TPSA) is 100 Å². The van der Waals surface area contributed by atoms with Gasteiger partial charge in [-0.15, -0.1) is 0 Å². The lowest BCUT2D eigenvalue weighted by Gasteiger charge is -2.26. The molecule has 0 aliphatic rings. The summed E-state index contributed by atoms with van der Waals surface area (Å²) in [5, 5.41) is 17.0. The fourth-order valence-electron chi connectivity index (χ4n) is 1.62. The Bertz CT molecular complexity index is 332. The van der Waals surface area contributed by atoms with Crippen LogP contribution < -0.4 is 0 Å².